The molecule has 4 nitrogen and oxygen atoms in total. The van der Waals surface area contributed by atoms with Crippen molar-refractivity contribution in [2.45, 2.75) is 45.3 Å². The second-order valence-corrected chi connectivity index (χ2v) is 5.56. The Balaban J connectivity index is 1.91. The van der Waals surface area contributed by atoms with E-state index in [1.807, 2.05) is 4.90 Å². The summed E-state index contributed by atoms with van der Waals surface area (Å²) in [6.07, 6.45) is 3.63. The molecule has 3 atom stereocenters. The maximum Gasteiger partial charge on any atom is 0.241 e. The fourth-order valence-corrected chi connectivity index (χ4v) is 3.08. The van der Waals surface area contributed by atoms with Gasteiger partial charge in [0.2, 0.25) is 5.91 Å². The number of amides is 1. The highest BCUT2D eigenvalue weighted by molar-refractivity contribution is 5.84. The third-order valence-electron chi connectivity index (χ3n) is 4.08. The number of likely N-dealkylation sites (tertiary alicyclic amines) is 1. The van der Waals surface area contributed by atoms with Gasteiger partial charge in [0.15, 0.2) is 0 Å². The van der Waals surface area contributed by atoms with E-state index in [-0.39, 0.29) is 12.2 Å². The zero-order valence-electron chi connectivity index (χ0n) is 11.3. The minimum absolute atomic E-state index is 0.0475. The summed E-state index contributed by atoms with van der Waals surface area (Å²) in [5, 5.41) is 3.37. The van der Waals surface area contributed by atoms with Crippen LogP contribution in [0.1, 0.15) is 33.1 Å². The van der Waals surface area contributed by atoms with Crippen molar-refractivity contribution in [1.82, 2.24) is 15.1 Å². The van der Waals surface area contributed by atoms with Gasteiger partial charge in [-0.05, 0) is 45.7 Å². The van der Waals surface area contributed by atoms with Crippen molar-refractivity contribution in [3.8, 4) is 0 Å². The van der Waals surface area contributed by atoms with Gasteiger partial charge in [0, 0.05) is 13.1 Å². The van der Waals surface area contributed by atoms with E-state index in [9.17, 15) is 4.79 Å². The van der Waals surface area contributed by atoms with E-state index in [0.717, 1.165) is 19.5 Å². The molecule has 4 heteroatoms. The topological polar surface area (TPSA) is 35.6 Å². The first-order valence-electron chi connectivity index (χ1n) is 6.87. The van der Waals surface area contributed by atoms with Crippen molar-refractivity contribution < 1.29 is 4.79 Å². The molecule has 0 saturated carbocycles. The van der Waals surface area contributed by atoms with Gasteiger partial charge in [-0.1, -0.05) is 6.92 Å². The molecule has 0 aromatic heterocycles. The van der Waals surface area contributed by atoms with E-state index in [1.54, 1.807) is 0 Å². The number of rotatable bonds is 3. The quantitative estimate of drug-likeness (QED) is 0.794. The van der Waals surface area contributed by atoms with Crippen LogP contribution in [0.15, 0.2) is 0 Å². The zero-order valence-corrected chi connectivity index (χ0v) is 11.3. The van der Waals surface area contributed by atoms with E-state index in [4.69, 9.17) is 0 Å². The number of hydrogen-bond acceptors (Lipinski definition) is 3. The van der Waals surface area contributed by atoms with Crippen LogP contribution in [0.5, 0.6) is 0 Å². The molecule has 2 aliphatic heterocycles. The maximum atomic E-state index is 12.2. The maximum absolute atomic E-state index is 12.2. The van der Waals surface area contributed by atoms with Gasteiger partial charge in [0.1, 0.15) is 0 Å². The molecule has 0 aromatic carbocycles. The van der Waals surface area contributed by atoms with Gasteiger partial charge in [-0.3, -0.25) is 10.1 Å². The third kappa shape index (κ3) is 2.80. The third-order valence-corrected chi connectivity index (χ3v) is 4.08. The summed E-state index contributed by atoms with van der Waals surface area (Å²) in [6.45, 7) is 7.43. The summed E-state index contributed by atoms with van der Waals surface area (Å²) in [6, 6.07) is 0.0475. The Labute approximate surface area is 104 Å². The Morgan fingerprint density at radius 2 is 2.24 bits per heavy atom. The molecule has 0 spiro atoms. The van der Waals surface area contributed by atoms with Crippen molar-refractivity contribution >= 4 is 5.91 Å². The van der Waals surface area contributed by atoms with Crippen molar-refractivity contribution in [2.75, 3.05) is 26.7 Å². The predicted octanol–water partition coefficient (Wildman–Crippen LogP) is 0.885. The minimum atomic E-state index is 0.0475. The average Bonchev–Trinajstić information content (AvgIpc) is 2.56. The number of nitrogens with one attached hydrogen (secondary N) is 1. The molecule has 2 rings (SSSR count). The van der Waals surface area contributed by atoms with Crippen molar-refractivity contribution in [3.05, 3.63) is 0 Å². The highest BCUT2D eigenvalue weighted by Crippen LogP contribution is 2.20. The Bertz CT molecular complexity index is 282. The van der Waals surface area contributed by atoms with Crippen LogP contribution in [0.4, 0.5) is 0 Å². The smallest absolute Gasteiger partial charge is 0.241 e. The molecule has 0 aromatic rings. The Kier molecular flexibility index (Phi) is 4.05. The van der Waals surface area contributed by atoms with E-state index >= 15 is 0 Å². The standard InChI is InChI=1S/C13H25N3O/c1-4-12-13(17)16(10(2)14-12)9-11-6-5-7-15(3)8-11/h10-12,14H,4-9H2,1-3H3. The van der Waals surface area contributed by atoms with Crippen LogP contribution < -0.4 is 5.32 Å². The summed E-state index contributed by atoms with van der Waals surface area (Å²) in [5.74, 6) is 0.950. The van der Waals surface area contributed by atoms with Crippen LogP contribution in [-0.4, -0.2) is 54.6 Å². The number of hydrogen-bond donors (Lipinski definition) is 1. The van der Waals surface area contributed by atoms with Gasteiger partial charge in [-0.2, -0.15) is 0 Å². The molecule has 2 aliphatic rings. The number of carbonyl (C=O) groups is 1. The van der Waals surface area contributed by atoms with Gasteiger partial charge in [0.25, 0.3) is 0 Å². The van der Waals surface area contributed by atoms with E-state index in [2.05, 4.69) is 31.1 Å². The van der Waals surface area contributed by atoms with Crippen LogP contribution in [0, 0.1) is 5.92 Å². The summed E-state index contributed by atoms with van der Waals surface area (Å²) in [5.41, 5.74) is 0. The summed E-state index contributed by atoms with van der Waals surface area (Å²) in [4.78, 5) is 16.6. The normalized spacial score (nSPS) is 35.6. The molecule has 0 bridgehead atoms. The number of piperidine rings is 1. The first-order valence-corrected chi connectivity index (χ1v) is 6.87. The van der Waals surface area contributed by atoms with Crippen molar-refractivity contribution in [2.24, 2.45) is 5.92 Å². The second kappa shape index (κ2) is 5.36. The fourth-order valence-electron chi connectivity index (χ4n) is 3.08. The molecule has 3 unspecified atom stereocenters. The zero-order chi connectivity index (χ0) is 12.4. The highest BCUT2D eigenvalue weighted by atomic mass is 16.2. The van der Waals surface area contributed by atoms with Crippen molar-refractivity contribution in [3.63, 3.8) is 0 Å². The molecular weight excluding hydrogens is 214 g/mol. The highest BCUT2D eigenvalue weighted by Gasteiger charge is 2.36. The molecule has 2 heterocycles. The predicted molar refractivity (Wildman–Crippen MR) is 68.6 cm³/mol. The molecule has 2 saturated heterocycles. The monoisotopic (exact) mass is 239 g/mol. The molecule has 0 radical (unpaired) electrons. The summed E-state index contributed by atoms with van der Waals surface area (Å²) < 4.78 is 0. The van der Waals surface area contributed by atoms with Gasteiger partial charge < -0.3 is 9.80 Å². The summed E-state index contributed by atoms with van der Waals surface area (Å²) >= 11 is 0. The average molecular weight is 239 g/mol. The molecular formula is C13H25N3O. The van der Waals surface area contributed by atoms with E-state index in [0.29, 0.717) is 11.8 Å². The lowest BCUT2D eigenvalue weighted by Gasteiger charge is -2.33. The lowest BCUT2D eigenvalue weighted by Crippen LogP contribution is -2.43. The van der Waals surface area contributed by atoms with Crippen LogP contribution in [0.2, 0.25) is 0 Å². The first kappa shape index (κ1) is 12.8. The van der Waals surface area contributed by atoms with Gasteiger partial charge >= 0.3 is 0 Å². The largest absolute Gasteiger partial charge is 0.326 e. The molecule has 98 valence electrons. The molecule has 1 amide bonds. The van der Waals surface area contributed by atoms with Crippen molar-refractivity contribution in [1.29, 1.82) is 0 Å². The number of carbonyl (C=O) groups excluding carboxylic acids is 1. The van der Waals surface area contributed by atoms with Gasteiger partial charge in [-0.25, -0.2) is 0 Å². The van der Waals surface area contributed by atoms with Gasteiger partial charge in [-0.15, -0.1) is 0 Å². The Morgan fingerprint density at radius 3 is 2.82 bits per heavy atom. The Hall–Kier alpha value is -0.610. The van der Waals surface area contributed by atoms with Gasteiger partial charge in [0.05, 0.1) is 12.2 Å². The SMILES string of the molecule is CCC1NC(C)N(CC2CCCN(C)C2)C1=O. The first-order chi connectivity index (χ1) is 8.11. The van der Waals surface area contributed by atoms with E-state index < -0.39 is 0 Å². The molecule has 0 aliphatic carbocycles. The molecule has 17 heavy (non-hydrogen) atoms. The fraction of sp³-hybridized carbons (Fsp3) is 0.923. The van der Waals surface area contributed by atoms with Crippen LogP contribution >= 0.6 is 0 Å². The minimum Gasteiger partial charge on any atom is -0.326 e. The van der Waals surface area contributed by atoms with Crippen LogP contribution in [0.3, 0.4) is 0 Å². The molecule has 2 fully saturated rings. The molecule has 1 N–H and O–H groups in total. The van der Waals surface area contributed by atoms with E-state index in [1.165, 1.54) is 19.4 Å². The second-order valence-electron chi connectivity index (χ2n) is 5.56. The van der Waals surface area contributed by atoms with Crippen LogP contribution in [0.25, 0.3) is 0 Å². The lowest BCUT2D eigenvalue weighted by molar-refractivity contribution is -0.130. The van der Waals surface area contributed by atoms with Crippen LogP contribution in [-0.2, 0) is 4.79 Å². The number of nitrogens with zero attached hydrogens (tertiary/aromatic N) is 2. The Morgan fingerprint density at radius 1 is 1.47 bits per heavy atom. The lowest BCUT2D eigenvalue weighted by atomic mass is 9.97. The summed E-state index contributed by atoms with van der Waals surface area (Å²) in [7, 11) is 2.18.